The van der Waals surface area contributed by atoms with Crippen molar-refractivity contribution in [1.29, 1.82) is 0 Å². The van der Waals surface area contributed by atoms with Crippen molar-refractivity contribution in [3.8, 4) is 0 Å². The molecule has 0 N–H and O–H groups in total. The van der Waals surface area contributed by atoms with Crippen molar-refractivity contribution in [3.63, 3.8) is 0 Å². The topological polar surface area (TPSA) is 9.23 Å². The van der Waals surface area contributed by atoms with Crippen LogP contribution in [0.25, 0.3) is 0 Å². The van der Waals surface area contributed by atoms with E-state index in [1.807, 2.05) is 30.3 Å². The number of methoxy groups -OCH3 is 1. The van der Waals surface area contributed by atoms with Gasteiger partial charge in [-0.05, 0) is 5.56 Å². The van der Waals surface area contributed by atoms with Crippen LogP contribution in [0.1, 0.15) is 5.56 Å². The summed E-state index contributed by atoms with van der Waals surface area (Å²) < 4.78 is 5.17. The number of benzene rings is 1. The van der Waals surface area contributed by atoms with Gasteiger partial charge in [-0.1, -0.05) is 30.3 Å². The maximum atomic E-state index is 5.97. The van der Waals surface area contributed by atoms with Gasteiger partial charge in [0.25, 0.3) is 0 Å². The summed E-state index contributed by atoms with van der Waals surface area (Å²) in [4.78, 5) is 0. The summed E-state index contributed by atoms with van der Waals surface area (Å²) in [5, 5.41) is 0. The first kappa shape index (κ1) is 11.8. The van der Waals surface area contributed by atoms with E-state index >= 15 is 0 Å². The lowest BCUT2D eigenvalue weighted by molar-refractivity contribution is 0.149. The van der Waals surface area contributed by atoms with Gasteiger partial charge in [-0.15, -0.1) is 23.2 Å². The van der Waals surface area contributed by atoms with E-state index in [2.05, 4.69) is 0 Å². The van der Waals surface area contributed by atoms with E-state index in [0.29, 0.717) is 18.4 Å². The monoisotopic (exact) mass is 232 g/mol. The fraction of sp³-hybridized carbons (Fsp3) is 0.455. The molecule has 1 nitrogen and oxygen atoms in total. The summed E-state index contributed by atoms with van der Waals surface area (Å²) in [5.41, 5.74) is 0.867. The normalized spacial score (nSPS) is 11.6. The molecule has 0 aliphatic heterocycles. The van der Waals surface area contributed by atoms with E-state index in [-0.39, 0.29) is 5.41 Å². The third kappa shape index (κ3) is 2.41. The van der Waals surface area contributed by atoms with Crippen LogP contribution >= 0.6 is 23.2 Å². The first-order valence-electron chi connectivity index (χ1n) is 4.45. The molecule has 1 rings (SSSR count). The third-order valence-electron chi connectivity index (χ3n) is 2.32. The van der Waals surface area contributed by atoms with Gasteiger partial charge in [0, 0.05) is 24.3 Å². The highest BCUT2D eigenvalue weighted by Gasteiger charge is 2.30. The van der Waals surface area contributed by atoms with Crippen LogP contribution in [-0.2, 0) is 10.2 Å². The summed E-state index contributed by atoms with van der Waals surface area (Å²) >= 11 is 11.9. The molecule has 78 valence electrons. The molecule has 0 unspecified atom stereocenters. The van der Waals surface area contributed by atoms with Gasteiger partial charge in [-0.2, -0.15) is 0 Å². The summed E-state index contributed by atoms with van der Waals surface area (Å²) in [6, 6.07) is 10.0. The first-order valence-corrected chi connectivity index (χ1v) is 5.52. The second-order valence-electron chi connectivity index (χ2n) is 3.35. The van der Waals surface area contributed by atoms with E-state index in [9.17, 15) is 0 Å². The Morgan fingerprint density at radius 3 is 2.14 bits per heavy atom. The molecule has 0 bridgehead atoms. The molecular weight excluding hydrogens is 219 g/mol. The molecule has 0 aliphatic rings. The van der Waals surface area contributed by atoms with Crippen LogP contribution in [0.5, 0.6) is 0 Å². The van der Waals surface area contributed by atoms with Gasteiger partial charge >= 0.3 is 0 Å². The average molecular weight is 233 g/mol. The Bertz CT molecular complexity index is 257. The molecule has 0 saturated carbocycles. The number of hydrogen-bond acceptors (Lipinski definition) is 1. The summed E-state index contributed by atoms with van der Waals surface area (Å²) in [7, 11) is 1.66. The second kappa shape index (κ2) is 5.59. The van der Waals surface area contributed by atoms with Crippen molar-refractivity contribution in [2.75, 3.05) is 25.5 Å². The van der Waals surface area contributed by atoms with Gasteiger partial charge in [-0.25, -0.2) is 0 Å². The zero-order valence-electron chi connectivity index (χ0n) is 8.17. The molecule has 1 aromatic rings. The lowest BCUT2D eigenvalue weighted by Gasteiger charge is -2.29. The predicted molar refractivity (Wildman–Crippen MR) is 61.4 cm³/mol. The number of ether oxygens (including phenoxy) is 1. The van der Waals surface area contributed by atoms with Crippen LogP contribution in [0.15, 0.2) is 30.3 Å². The Balaban J connectivity index is 2.98. The minimum absolute atomic E-state index is 0.265. The third-order valence-corrected chi connectivity index (χ3v) is 3.34. The van der Waals surface area contributed by atoms with Gasteiger partial charge in [0.2, 0.25) is 0 Å². The van der Waals surface area contributed by atoms with Gasteiger partial charge < -0.3 is 4.74 Å². The number of halogens is 2. The molecule has 0 saturated heterocycles. The Labute approximate surface area is 95.0 Å². The molecule has 0 radical (unpaired) electrons. The first-order chi connectivity index (χ1) is 6.79. The average Bonchev–Trinajstić information content (AvgIpc) is 2.27. The van der Waals surface area contributed by atoms with E-state index in [1.165, 1.54) is 0 Å². The van der Waals surface area contributed by atoms with Crippen molar-refractivity contribution >= 4 is 23.2 Å². The highest BCUT2D eigenvalue weighted by atomic mass is 35.5. The molecule has 0 heterocycles. The Hall–Kier alpha value is -0.240. The maximum Gasteiger partial charge on any atom is 0.0582 e. The molecule has 3 heteroatoms. The molecule has 0 fully saturated rings. The molecule has 0 spiro atoms. The van der Waals surface area contributed by atoms with E-state index < -0.39 is 0 Å². The quantitative estimate of drug-likeness (QED) is 0.710. The zero-order valence-corrected chi connectivity index (χ0v) is 9.68. The Morgan fingerprint density at radius 2 is 1.71 bits per heavy atom. The van der Waals surface area contributed by atoms with E-state index in [4.69, 9.17) is 27.9 Å². The fourth-order valence-electron chi connectivity index (χ4n) is 1.42. The van der Waals surface area contributed by atoms with Crippen LogP contribution in [0.4, 0.5) is 0 Å². The van der Waals surface area contributed by atoms with Crippen molar-refractivity contribution < 1.29 is 4.74 Å². The fourth-order valence-corrected chi connectivity index (χ4v) is 2.17. The molecule has 0 amide bonds. The Kier molecular flexibility index (Phi) is 4.73. The molecule has 0 atom stereocenters. The maximum absolute atomic E-state index is 5.97. The summed E-state index contributed by atoms with van der Waals surface area (Å²) in [6.07, 6.45) is 0. The second-order valence-corrected chi connectivity index (χ2v) is 3.88. The largest absolute Gasteiger partial charge is 0.384 e. The molecule has 0 aromatic heterocycles. The van der Waals surface area contributed by atoms with Crippen LogP contribution in [0.2, 0.25) is 0 Å². The smallest absolute Gasteiger partial charge is 0.0582 e. The van der Waals surface area contributed by atoms with Gasteiger partial charge in [0.15, 0.2) is 0 Å². The van der Waals surface area contributed by atoms with Crippen molar-refractivity contribution in [2.45, 2.75) is 5.41 Å². The number of alkyl halides is 2. The molecule has 0 aliphatic carbocycles. The van der Waals surface area contributed by atoms with E-state index in [1.54, 1.807) is 7.11 Å². The van der Waals surface area contributed by atoms with Crippen LogP contribution in [0.3, 0.4) is 0 Å². The van der Waals surface area contributed by atoms with E-state index in [0.717, 1.165) is 5.56 Å². The number of hydrogen-bond donors (Lipinski definition) is 0. The molecular formula is C11H14Cl2O. The Morgan fingerprint density at radius 1 is 1.14 bits per heavy atom. The van der Waals surface area contributed by atoms with Gasteiger partial charge in [-0.3, -0.25) is 0 Å². The lowest BCUT2D eigenvalue weighted by atomic mass is 9.85. The predicted octanol–water partition coefficient (Wildman–Crippen LogP) is 3.05. The SMILES string of the molecule is COCC(CCl)(CCl)c1ccccc1. The highest BCUT2D eigenvalue weighted by molar-refractivity contribution is 6.22. The summed E-state index contributed by atoms with van der Waals surface area (Å²) in [5.74, 6) is 0.933. The standard InChI is InChI=1S/C11H14Cl2O/c1-14-9-11(7-12,8-13)10-5-3-2-4-6-10/h2-6H,7-9H2,1H3. The minimum Gasteiger partial charge on any atom is -0.384 e. The van der Waals surface area contributed by atoms with Crippen molar-refractivity contribution in [1.82, 2.24) is 0 Å². The van der Waals surface area contributed by atoms with Crippen molar-refractivity contribution in [3.05, 3.63) is 35.9 Å². The van der Waals surface area contributed by atoms with Crippen LogP contribution in [0, 0.1) is 0 Å². The summed E-state index contributed by atoms with van der Waals surface area (Å²) in [6.45, 7) is 0.546. The van der Waals surface area contributed by atoms with Gasteiger partial charge in [0.05, 0.1) is 6.61 Å². The zero-order chi connectivity index (χ0) is 10.4. The lowest BCUT2D eigenvalue weighted by Crippen LogP contribution is -2.35. The minimum atomic E-state index is -0.265. The van der Waals surface area contributed by atoms with Crippen LogP contribution < -0.4 is 0 Å². The number of rotatable bonds is 5. The molecule has 14 heavy (non-hydrogen) atoms. The van der Waals surface area contributed by atoms with Crippen LogP contribution in [-0.4, -0.2) is 25.5 Å². The van der Waals surface area contributed by atoms with Crippen molar-refractivity contribution in [2.24, 2.45) is 0 Å². The highest BCUT2D eigenvalue weighted by Crippen LogP contribution is 2.27. The molecule has 1 aromatic carbocycles. The van der Waals surface area contributed by atoms with Gasteiger partial charge in [0.1, 0.15) is 0 Å².